The van der Waals surface area contributed by atoms with Crippen LogP contribution in [0.2, 0.25) is 0 Å². The van der Waals surface area contributed by atoms with Crippen LogP contribution >= 0.6 is 0 Å². The van der Waals surface area contributed by atoms with Gasteiger partial charge >= 0.3 is 0 Å². The monoisotopic (exact) mass is 385 g/mol. The first-order valence-corrected chi connectivity index (χ1v) is 8.70. The van der Waals surface area contributed by atoms with Gasteiger partial charge in [0.05, 0.1) is 20.8 Å². The van der Waals surface area contributed by atoms with Gasteiger partial charge in [0.25, 0.3) is 0 Å². The highest BCUT2D eigenvalue weighted by molar-refractivity contribution is 6.23. The van der Waals surface area contributed by atoms with E-state index in [1.807, 2.05) is 24.3 Å². The number of allylic oxidation sites excluding steroid dienone is 2. The molecule has 0 fully saturated rings. The van der Waals surface area contributed by atoms with Crippen molar-refractivity contribution in [2.75, 3.05) is 27.4 Å². The number of Topliss-reactive ketones (excluding diaryl/α,β-unsaturated/α-hetero) is 2. The highest BCUT2D eigenvalue weighted by atomic mass is 16.5. The van der Waals surface area contributed by atoms with Crippen LogP contribution in [0.15, 0.2) is 53.0 Å². The molecule has 1 aromatic carbocycles. The van der Waals surface area contributed by atoms with E-state index in [1.165, 1.54) is 20.3 Å². The first kappa shape index (κ1) is 21.1. The van der Waals surface area contributed by atoms with Crippen LogP contribution in [-0.4, -0.2) is 50.0 Å². The Bertz CT molecular complexity index is 861. The fourth-order valence-corrected chi connectivity index (χ4v) is 2.77. The maximum absolute atomic E-state index is 12.7. The molecule has 1 aliphatic carbocycles. The van der Waals surface area contributed by atoms with Crippen molar-refractivity contribution in [2.24, 2.45) is 0 Å². The van der Waals surface area contributed by atoms with Crippen molar-refractivity contribution >= 4 is 23.5 Å². The molecule has 7 heteroatoms. The summed E-state index contributed by atoms with van der Waals surface area (Å²) >= 11 is 0. The normalized spacial score (nSPS) is 14.7. The lowest BCUT2D eigenvalue weighted by Gasteiger charge is -2.20. The van der Waals surface area contributed by atoms with Gasteiger partial charge in [-0.2, -0.15) is 0 Å². The Kier molecular flexibility index (Phi) is 7.28. The quantitative estimate of drug-likeness (QED) is 0.517. The molecule has 0 saturated carbocycles. The molecule has 0 saturated heterocycles. The lowest BCUT2D eigenvalue weighted by atomic mass is 9.89. The van der Waals surface area contributed by atoms with Gasteiger partial charge in [-0.3, -0.25) is 14.4 Å². The number of ketones is 2. The molecule has 1 aromatic rings. The molecule has 0 unspecified atom stereocenters. The molecule has 0 aromatic heterocycles. The summed E-state index contributed by atoms with van der Waals surface area (Å²) < 4.78 is 10.1. The zero-order chi connectivity index (χ0) is 20.7. The second-order valence-corrected chi connectivity index (χ2v) is 6.09. The molecule has 2 N–H and O–H groups in total. The van der Waals surface area contributed by atoms with E-state index < -0.39 is 0 Å². The van der Waals surface area contributed by atoms with Gasteiger partial charge in [0.1, 0.15) is 0 Å². The smallest absolute Gasteiger partial charge is 0.244 e. The number of aliphatic hydroxyl groups is 1. The van der Waals surface area contributed by atoms with Crippen molar-refractivity contribution in [1.82, 2.24) is 5.32 Å². The van der Waals surface area contributed by atoms with Gasteiger partial charge in [0.15, 0.2) is 0 Å². The van der Waals surface area contributed by atoms with Crippen LogP contribution < -0.4 is 5.32 Å². The summed E-state index contributed by atoms with van der Waals surface area (Å²) in [6.45, 7) is 1.69. The molecule has 28 heavy (non-hydrogen) atoms. The molecule has 0 atom stereocenters. The predicted molar refractivity (Wildman–Crippen MR) is 103 cm³/mol. The number of hydrogen-bond acceptors (Lipinski definition) is 6. The highest BCUT2D eigenvalue weighted by Crippen LogP contribution is 2.28. The Hall–Kier alpha value is -3.19. The fourth-order valence-electron chi connectivity index (χ4n) is 2.77. The number of aliphatic hydroxyl groups excluding tert-OH is 1. The first-order valence-electron chi connectivity index (χ1n) is 8.70. The van der Waals surface area contributed by atoms with E-state index in [0.717, 1.165) is 11.1 Å². The topological polar surface area (TPSA) is 102 Å². The maximum Gasteiger partial charge on any atom is 0.244 e. The molecule has 0 bridgehead atoms. The minimum absolute atomic E-state index is 0.0753. The number of carbonyl (C=O) groups is 3. The number of rotatable bonds is 8. The Morgan fingerprint density at radius 1 is 1.07 bits per heavy atom. The molecular weight excluding hydrogens is 362 g/mol. The van der Waals surface area contributed by atoms with E-state index in [1.54, 1.807) is 13.0 Å². The van der Waals surface area contributed by atoms with E-state index in [-0.39, 0.29) is 48.6 Å². The summed E-state index contributed by atoms with van der Waals surface area (Å²) in [7, 11) is 2.66. The number of carbonyl (C=O) groups excluding carboxylic acids is 3. The maximum atomic E-state index is 12.7. The number of hydrogen-bond donors (Lipinski definition) is 2. The molecular formula is C21H23NO6. The van der Waals surface area contributed by atoms with Crippen LogP contribution in [0, 0.1) is 0 Å². The first-order chi connectivity index (χ1) is 13.4. The average Bonchev–Trinajstić information content (AvgIpc) is 2.71. The molecule has 148 valence electrons. The summed E-state index contributed by atoms with van der Waals surface area (Å²) in [6, 6.07) is 7.27. The predicted octanol–water partition coefficient (Wildman–Crippen LogP) is 1.32. The number of methoxy groups -OCH3 is 2. The van der Waals surface area contributed by atoms with Crippen LogP contribution in [0.3, 0.4) is 0 Å². The Labute approximate surface area is 163 Å². The van der Waals surface area contributed by atoms with Gasteiger partial charge in [-0.1, -0.05) is 24.3 Å². The van der Waals surface area contributed by atoms with Crippen LogP contribution in [0.4, 0.5) is 0 Å². The summed E-state index contributed by atoms with van der Waals surface area (Å²) in [4.78, 5) is 36.6. The van der Waals surface area contributed by atoms with E-state index >= 15 is 0 Å². The summed E-state index contributed by atoms with van der Waals surface area (Å²) in [5, 5.41) is 11.2. The molecule has 2 rings (SSSR count). The van der Waals surface area contributed by atoms with Gasteiger partial charge in [0.2, 0.25) is 29.0 Å². The van der Waals surface area contributed by atoms with Crippen molar-refractivity contribution in [2.45, 2.75) is 13.3 Å². The summed E-state index contributed by atoms with van der Waals surface area (Å²) in [6.07, 6.45) is 3.30. The minimum Gasteiger partial charge on any atom is -0.489 e. The number of amides is 1. The number of benzene rings is 1. The van der Waals surface area contributed by atoms with Crippen molar-refractivity contribution in [3.8, 4) is 0 Å². The van der Waals surface area contributed by atoms with Crippen LogP contribution in [0.5, 0.6) is 0 Å². The molecule has 0 spiro atoms. The number of ether oxygens (including phenoxy) is 2. The molecule has 1 amide bonds. The SMILES string of the molecule is COC1=C(OC)C(=O)C(Cc2ccc(C=CC(=O)NCCO)cc2)=C(C)C1=O. The van der Waals surface area contributed by atoms with Gasteiger partial charge in [0, 0.05) is 30.2 Å². The van der Waals surface area contributed by atoms with Crippen LogP contribution in [0.25, 0.3) is 6.08 Å². The second kappa shape index (κ2) is 9.66. The van der Waals surface area contributed by atoms with Crippen molar-refractivity contribution in [3.63, 3.8) is 0 Å². The van der Waals surface area contributed by atoms with Gasteiger partial charge < -0.3 is 19.9 Å². The minimum atomic E-state index is -0.360. The van der Waals surface area contributed by atoms with Crippen LogP contribution in [0.1, 0.15) is 18.1 Å². The fraction of sp³-hybridized carbons (Fsp3) is 0.286. The van der Waals surface area contributed by atoms with Crippen molar-refractivity contribution in [3.05, 3.63) is 64.1 Å². The summed E-state index contributed by atoms with van der Waals surface area (Å²) in [5.41, 5.74) is 2.36. The zero-order valence-electron chi connectivity index (χ0n) is 16.1. The largest absolute Gasteiger partial charge is 0.489 e. The molecule has 0 aliphatic heterocycles. The average molecular weight is 385 g/mol. The lowest BCUT2D eigenvalue weighted by molar-refractivity contribution is -0.121. The third kappa shape index (κ3) is 4.75. The molecule has 1 aliphatic rings. The summed E-state index contributed by atoms with van der Waals surface area (Å²) in [5.74, 6) is -1.17. The van der Waals surface area contributed by atoms with E-state index in [0.29, 0.717) is 11.1 Å². The molecule has 0 heterocycles. The second-order valence-electron chi connectivity index (χ2n) is 6.09. The van der Waals surface area contributed by atoms with Gasteiger partial charge in [-0.15, -0.1) is 0 Å². The zero-order valence-corrected chi connectivity index (χ0v) is 16.1. The molecule has 0 radical (unpaired) electrons. The Balaban J connectivity index is 2.15. The highest BCUT2D eigenvalue weighted by Gasteiger charge is 2.34. The van der Waals surface area contributed by atoms with Crippen molar-refractivity contribution < 1.29 is 29.0 Å². The van der Waals surface area contributed by atoms with E-state index in [4.69, 9.17) is 14.6 Å². The van der Waals surface area contributed by atoms with Gasteiger partial charge in [-0.25, -0.2) is 0 Å². The Morgan fingerprint density at radius 3 is 2.25 bits per heavy atom. The third-order valence-corrected chi connectivity index (χ3v) is 4.29. The molecule has 7 nitrogen and oxygen atoms in total. The van der Waals surface area contributed by atoms with E-state index in [2.05, 4.69) is 5.32 Å². The standard InChI is InChI=1S/C21H23NO6/c1-13-16(19(26)21(28-3)20(27-2)18(13)25)12-15-6-4-14(5-7-15)8-9-17(24)22-10-11-23/h4-9,23H,10-12H2,1-3H3,(H,22,24). The van der Waals surface area contributed by atoms with Crippen molar-refractivity contribution in [1.29, 1.82) is 0 Å². The Morgan fingerprint density at radius 2 is 1.68 bits per heavy atom. The lowest BCUT2D eigenvalue weighted by Crippen LogP contribution is -2.26. The van der Waals surface area contributed by atoms with Gasteiger partial charge in [-0.05, 0) is 24.1 Å². The van der Waals surface area contributed by atoms with Crippen LogP contribution in [-0.2, 0) is 30.3 Å². The third-order valence-electron chi connectivity index (χ3n) is 4.29. The number of nitrogens with one attached hydrogen (secondary N) is 1. The van der Waals surface area contributed by atoms with E-state index in [9.17, 15) is 14.4 Å².